The summed E-state index contributed by atoms with van der Waals surface area (Å²) in [6, 6.07) is 5.56. The number of imide groups is 1. The van der Waals surface area contributed by atoms with Gasteiger partial charge in [-0.3, -0.25) is 14.9 Å². The summed E-state index contributed by atoms with van der Waals surface area (Å²) >= 11 is 1.30. The van der Waals surface area contributed by atoms with Gasteiger partial charge in [-0.2, -0.15) is 0 Å². The van der Waals surface area contributed by atoms with Crippen molar-refractivity contribution >= 4 is 29.7 Å². The van der Waals surface area contributed by atoms with Crippen LogP contribution in [0.2, 0.25) is 0 Å². The van der Waals surface area contributed by atoms with Crippen molar-refractivity contribution in [2.75, 3.05) is 5.75 Å². The fourth-order valence-corrected chi connectivity index (χ4v) is 2.55. The molecule has 1 aromatic carbocycles. The zero-order chi connectivity index (χ0) is 17.5. The van der Waals surface area contributed by atoms with Crippen molar-refractivity contribution < 1.29 is 23.5 Å². The van der Waals surface area contributed by atoms with Gasteiger partial charge in [0, 0.05) is 11.8 Å². The number of ether oxygens (including phenoxy) is 1. The molecule has 2 rings (SSSR count). The van der Waals surface area contributed by atoms with Crippen LogP contribution in [0.15, 0.2) is 24.3 Å². The Balaban J connectivity index is 1.63. The highest BCUT2D eigenvalue weighted by Crippen LogP contribution is 2.18. The summed E-state index contributed by atoms with van der Waals surface area (Å²) < 4.78 is 17.8. The standard InChI is InChI=1S/C16H19FN2O4S/c1-10(15(21)19-16(22)18-13-6-7-13)23-14(20)9-24-8-11-2-4-12(17)5-3-11/h2-5,10,13H,6-9H2,1H3,(H2,18,19,21,22). The quantitative estimate of drug-likeness (QED) is 0.732. The van der Waals surface area contributed by atoms with Gasteiger partial charge in [-0.1, -0.05) is 12.1 Å². The molecule has 0 saturated heterocycles. The summed E-state index contributed by atoms with van der Waals surface area (Å²) in [5.41, 5.74) is 0.886. The van der Waals surface area contributed by atoms with E-state index in [4.69, 9.17) is 4.74 Å². The minimum absolute atomic E-state index is 0.0588. The molecular formula is C16H19FN2O4S. The van der Waals surface area contributed by atoms with Crippen molar-refractivity contribution in [3.8, 4) is 0 Å². The predicted molar refractivity (Wildman–Crippen MR) is 87.8 cm³/mol. The highest BCUT2D eigenvalue weighted by Gasteiger charge is 2.25. The number of carbonyl (C=O) groups excluding carboxylic acids is 3. The van der Waals surface area contributed by atoms with E-state index in [2.05, 4.69) is 10.6 Å². The first kappa shape index (κ1) is 18.3. The van der Waals surface area contributed by atoms with Gasteiger partial charge in [0.2, 0.25) is 0 Å². The van der Waals surface area contributed by atoms with Crippen LogP contribution in [0.3, 0.4) is 0 Å². The van der Waals surface area contributed by atoms with Gasteiger partial charge in [-0.25, -0.2) is 9.18 Å². The Morgan fingerprint density at radius 1 is 1.29 bits per heavy atom. The van der Waals surface area contributed by atoms with E-state index in [-0.39, 0.29) is 17.6 Å². The Hall–Kier alpha value is -2.09. The van der Waals surface area contributed by atoms with Crippen molar-refractivity contribution in [1.82, 2.24) is 10.6 Å². The number of hydrogen-bond acceptors (Lipinski definition) is 5. The molecule has 1 aliphatic carbocycles. The SMILES string of the molecule is CC(OC(=O)CSCc1ccc(F)cc1)C(=O)NC(=O)NC1CC1. The third kappa shape index (κ3) is 6.57. The molecule has 2 N–H and O–H groups in total. The Bertz CT molecular complexity index is 605. The van der Waals surface area contributed by atoms with Crippen molar-refractivity contribution in [2.45, 2.75) is 37.7 Å². The van der Waals surface area contributed by atoms with E-state index in [1.54, 1.807) is 12.1 Å². The van der Waals surface area contributed by atoms with Crippen molar-refractivity contribution in [2.24, 2.45) is 0 Å². The molecule has 8 heteroatoms. The lowest BCUT2D eigenvalue weighted by atomic mass is 10.2. The van der Waals surface area contributed by atoms with Gasteiger partial charge in [-0.05, 0) is 37.5 Å². The zero-order valence-electron chi connectivity index (χ0n) is 13.2. The number of thioether (sulfide) groups is 1. The number of carbonyl (C=O) groups is 3. The second kappa shape index (κ2) is 8.68. The van der Waals surface area contributed by atoms with E-state index >= 15 is 0 Å². The maximum Gasteiger partial charge on any atom is 0.321 e. The van der Waals surface area contributed by atoms with E-state index in [1.807, 2.05) is 0 Å². The number of rotatable bonds is 7. The molecule has 0 spiro atoms. The average molecular weight is 354 g/mol. The van der Waals surface area contributed by atoms with E-state index in [0.29, 0.717) is 5.75 Å². The van der Waals surface area contributed by atoms with Crippen molar-refractivity contribution in [3.05, 3.63) is 35.6 Å². The van der Waals surface area contributed by atoms with E-state index < -0.39 is 24.0 Å². The molecule has 0 aliphatic heterocycles. The van der Waals surface area contributed by atoms with E-state index in [0.717, 1.165) is 18.4 Å². The summed E-state index contributed by atoms with van der Waals surface area (Å²) in [6.07, 6.45) is 0.781. The average Bonchev–Trinajstić information content (AvgIpc) is 3.32. The number of nitrogens with one attached hydrogen (secondary N) is 2. The number of amides is 3. The number of halogens is 1. The van der Waals surface area contributed by atoms with E-state index in [9.17, 15) is 18.8 Å². The van der Waals surface area contributed by atoms with Crippen LogP contribution >= 0.6 is 11.8 Å². The Morgan fingerprint density at radius 2 is 1.96 bits per heavy atom. The summed E-state index contributed by atoms with van der Waals surface area (Å²) in [4.78, 5) is 34.9. The van der Waals surface area contributed by atoms with Gasteiger partial charge in [0.05, 0.1) is 5.75 Å². The molecule has 0 radical (unpaired) electrons. The van der Waals surface area contributed by atoms with Crippen LogP contribution < -0.4 is 10.6 Å². The van der Waals surface area contributed by atoms with Crippen LogP contribution in [-0.4, -0.2) is 35.8 Å². The fraction of sp³-hybridized carbons (Fsp3) is 0.438. The maximum absolute atomic E-state index is 12.8. The van der Waals surface area contributed by atoms with Crippen LogP contribution in [-0.2, 0) is 20.1 Å². The minimum atomic E-state index is -1.05. The van der Waals surface area contributed by atoms with Crippen LogP contribution in [0.1, 0.15) is 25.3 Å². The minimum Gasteiger partial charge on any atom is -0.452 e. The normalized spacial score (nSPS) is 14.6. The van der Waals surface area contributed by atoms with Crippen molar-refractivity contribution in [1.29, 1.82) is 0 Å². The van der Waals surface area contributed by atoms with Gasteiger partial charge in [0.25, 0.3) is 5.91 Å². The number of hydrogen-bond donors (Lipinski definition) is 2. The second-order valence-corrected chi connectivity index (χ2v) is 6.47. The molecule has 1 atom stereocenters. The molecule has 0 heterocycles. The van der Waals surface area contributed by atoms with Gasteiger partial charge in [-0.15, -0.1) is 11.8 Å². The molecule has 1 saturated carbocycles. The summed E-state index contributed by atoms with van der Waals surface area (Å²) in [6.45, 7) is 1.41. The zero-order valence-corrected chi connectivity index (χ0v) is 14.0. The molecule has 0 aromatic heterocycles. The summed E-state index contributed by atoms with van der Waals surface area (Å²) in [7, 11) is 0. The number of benzene rings is 1. The van der Waals surface area contributed by atoms with Crippen LogP contribution in [0.4, 0.5) is 9.18 Å². The third-order valence-electron chi connectivity index (χ3n) is 3.23. The third-order valence-corrected chi connectivity index (χ3v) is 4.21. The molecule has 1 aromatic rings. The Labute approximate surface area is 143 Å². The van der Waals surface area contributed by atoms with Crippen LogP contribution in [0.25, 0.3) is 0 Å². The second-order valence-electron chi connectivity index (χ2n) is 5.49. The summed E-state index contributed by atoms with van der Waals surface area (Å²) in [5.74, 6) is -0.936. The number of esters is 1. The molecule has 6 nitrogen and oxygen atoms in total. The monoisotopic (exact) mass is 354 g/mol. The first-order valence-corrected chi connectivity index (χ1v) is 8.72. The molecule has 3 amide bonds. The van der Waals surface area contributed by atoms with Crippen molar-refractivity contribution in [3.63, 3.8) is 0 Å². The van der Waals surface area contributed by atoms with Crippen LogP contribution in [0, 0.1) is 5.82 Å². The lowest BCUT2D eigenvalue weighted by Gasteiger charge is -2.13. The maximum atomic E-state index is 12.8. The van der Waals surface area contributed by atoms with E-state index in [1.165, 1.54) is 30.8 Å². The summed E-state index contributed by atoms with van der Waals surface area (Å²) in [5, 5.41) is 4.74. The highest BCUT2D eigenvalue weighted by atomic mass is 32.2. The smallest absolute Gasteiger partial charge is 0.321 e. The molecule has 0 bridgehead atoms. The predicted octanol–water partition coefficient (Wildman–Crippen LogP) is 1.98. The first-order chi connectivity index (χ1) is 11.4. The molecule has 1 aliphatic rings. The lowest BCUT2D eigenvalue weighted by Crippen LogP contribution is -2.45. The number of urea groups is 1. The molecular weight excluding hydrogens is 335 g/mol. The fourth-order valence-electron chi connectivity index (χ4n) is 1.78. The Morgan fingerprint density at radius 3 is 2.58 bits per heavy atom. The first-order valence-electron chi connectivity index (χ1n) is 7.57. The molecule has 130 valence electrons. The lowest BCUT2D eigenvalue weighted by molar-refractivity contribution is -0.151. The largest absolute Gasteiger partial charge is 0.452 e. The molecule has 1 fully saturated rings. The van der Waals surface area contributed by atoms with Gasteiger partial charge in [0.1, 0.15) is 5.82 Å². The van der Waals surface area contributed by atoms with Gasteiger partial charge in [0.15, 0.2) is 6.10 Å². The Kier molecular flexibility index (Phi) is 6.60. The van der Waals surface area contributed by atoms with Crippen LogP contribution in [0.5, 0.6) is 0 Å². The van der Waals surface area contributed by atoms with Gasteiger partial charge < -0.3 is 10.1 Å². The molecule has 24 heavy (non-hydrogen) atoms. The topological polar surface area (TPSA) is 84.5 Å². The molecule has 1 unspecified atom stereocenters. The van der Waals surface area contributed by atoms with Gasteiger partial charge >= 0.3 is 12.0 Å². The highest BCUT2D eigenvalue weighted by molar-refractivity contribution is 7.99.